The van der Waals surface area contributed by atoms with E-state index in [0.29, 0.717) is 43.2 Å². The van der Waals surface area contributed by atoms with E-state index < -0.39 is 0 Å². The molecule has 0 radical (unpaired) electrons. The molecule has 2 heterocycles. The zero-order chi connectivity index (χ0) is 20.9. The molecule has 0 saturated carbocycles. The maximum absolute atomic E-state index is 12.5. The maximum atomic E-state index is 12.5. The monoisotopic (exact) mass is 420 g/mol. The van der Waals surface area contributed by atoms with Gasteiger partial charge in [-0.05, 0) is 42.0 Å². The first-order valence-electron chi connectivity index (χ1n) is 9.76. The van der Waals surface area contributed by atoms with Crippen LogP contribution in [-0.2, 0) is 4.79 Å². The summed E-state index contributed by atoms with van der Waals surface area (Å²) in [6.45, 7) is 2.64. The summed E-state index contributed by atoms with van der Waals surface area (Å²) in [7, 11) is 0. The summed E-state index contributed by atoms with van der Waals surface area (Å²) >= 11 is 6.21. The average molecular weight is 421 g/mol. The lowest BCUT2D eigenvalue weighted by atomic mass is 10.1. The van der Waals surface area contributed by atoms with Gasteiger partial charge in [0, 0.05) is 48.5 Å². The van der Waals surface area contributed by atoms with Gasteiger partial charge in [0.2, 0.25) is 5.91 Å². The highest BCUT2D eigenvalue weighted by Crippen LogP contribution is 2.35. The van der Waals surface area contributed by atoms with E-state index in [1.54, 1.807) is 18.2 Å². The van der Waals surface area contributed by atoms with Gasteiger partial charge >= 0.3 is 0 Å². The Bertz CT molecular complexity index is 1070. The van der Waals surface area contributed by atoms with Crippen LogP contribution in [0.2, 0.25) is 5.02 Å². The van der Waals surface area contributed by atoms with Gasteiger partial charge in [0.05, 0.1) is 0 Å². The van der Waals surface area contributed by atoms with Crippen LogP contribution in [0, 0.1) is 0 Å². The zero-order valence-corrected chi connectivity index (χ0v) is 17.1. The van der Waals surface area contributed by atoms with Crippen LogP contribution >= 0.6 is 11.6 Å². The Morgan fingerprint density at radius 1 is 0.967 bits per heavy atom. The molecule has 2 aromatic carbocycles. The predicted molar refractivity (Wildman–Crippen MR) is 119 cm³/mol. The zero-order valence-electron chi connectivity index (χ0n) is 16.3. The molecule has 0 bridgehead atoms. The molecule has 0 spiro atoms. The molecule has 0 aliphatic carbocycles. The van der Waals surface area contributed by atoms with Crippen molar-refractivity contribution in [1.82, 2.24) is 4.90 Å². The summed E-state index contributed by atoms with van der Waals surface area (Å²) < 4.78 is 5.61. The molecule has 5 nitrogen and oxygen atoms in total. The highest BCUT2D eigenvalue weighted by molar-refractivity contribution is 6.31. The van der Waals surface area contributed by atoms with E-state index in [-0.39, 0.29) is 11.7 Å². The third kappa shape index (κ3) is 4.47. The fraction of sp³-hybridized carbons (Fsp3) is 0.167. The number of benzene rings is 2. The van der Waals surface area contributed by atoms with E-state index in [2.05, 4.69) is 4.90 Å². The number of amides is 1. The Labute approximate surface area is 180 Å². The van der Waals surface area contributed by atoms with Crippen LogP contribution in [0.4, 0.5) is 5.69 Å². The second-order valence-corrected chi connectivity index (χ2v) is 7.47. The number of piperazine rings is 1. The summed E-state index contributed by atoms with van der Waals surface area (Å²) in [6, 6.07) is 18.8. The summed E-state index contributed by atoms with van der Waals surface area (Å²) in [5.74, 6) is 0.881. The Balaban J connectivity index is 1.46. The van der Waals surface area contributed by atoms with Gasteiger partial charge in [-0.1, -0.05) is 41.9 Å². The number of furan rings is 1. The minimum atomic E-state index is 0.0106. The number of aldehydes is 1. The molecule has 1 aromatic heterocycles. The molecule has 3 aromatic rings. The number of carbonyl (C=O) groups excluding carboxylic acids is 2. The molecule has 30 heavy (non-hydrogen) atoms. The van der Waals surface area contributed by atoms with Crippen LogP contribution in [0.15, 0.2) is 71.2 Å². The second kappa shape index (κ2) is 9.01. The summed E-state index contributed by atoms with van der Waals surface area (Å²) in [6.07, 6.45) is 4.15. The molecule has 1 fully saturated rings. The molecule has 1 aliphatic heterocycles. The Kier molecular flexibility index (Phi) is 6.00. The lowest BCUT2D eigenvalue weighted by Gasteiger charge is -2.36. The van der Waals surface area contributed by atoms with Gasteiger partial charge in [-0.3, -0.25) is 9.59 Å². The molecule has 1 saturated heterocycles. The van der Waals surface area contributed by atoms with Crippen LogP contribution in [0.25, 0.3) is 17.4 Å². The number of anilines is 1. The van der Waals surface area contributed by atoms with Crippen molar-refractivity contribution in [3.63, 3.8) is 0 Å². The van der Waals surface area contributed by atoms with Crippen LogP contribution in [0.3, 0.4) is 0 Å². The van der Waals surface area contributed by atoms with Crippen molar-refractivity contribution in [1.29, 1.82) is 0 Å². The standard InChI is InChI=1S/C24H21ClN2O3/c25-19-7-9-22(21(16-19)23-10-8-20(17-28)30-23)26-12-14-27(15-13-26)24(29)11-6-18-4-2-1-3-5-18/h1-11,16-17H,12-15H2. The van der Waals surface area contributed by atoms with Crippen molar-refractivity contribution in [3.05, 3.63) is 83.1 Å². The smallest absolute Gasteiger partial charge is 0.246 e. The van der Waals surface area contributed by atoms with E-state index >= 15 is 0 Å². The van der Waals surface area contributed by atoms with E-state index in [4.69, 9.17) is 16.0 Å². The first-order valence-corrected chi connectivity index (χ1v) is 10.1. The minimum absolute atomic E-state index is 0.0106. The highest BCUT2D eigenvalue weighted by atomic mass is 35.5. The first kappa shape index (κ1) is 20.0. The molecule has 0 unspecified atom stereocenters. The second-order valence-electron chi connectivity index (χ2n) is 7.04. The normalized spacial score (nSPS) is 14.3. The Morgan fingerprint density at radius 3 is 2.43 bits per heavy atom. The molecule has 152 valence electrons. The number of hydrogen-bond donors (Lipinski definition) is 0. The largest absolute Gasteiger partial charge is 0.453 e. The van der Waals surface area contributed by atoms with Gasteiger partial charge in [-0.25, -0.2) is 0 Å². The van der Waals surface area contributed by atoms with Crippen molar-refractivity contribution in [3.8, 4) is 11.3 Å². The molecule has 0 atom stereocenters. The third-order valence-corrected chi connectivity index (χ3v) is 5.35. The van der Waals surface area contributed by atoms with E-state index in [1.807, 2.05) is 59.5 Å². The number of nitrogens with zero attached hydrogens (tertiary/aromatic N) is 2. The molecule has 1 aliphatic rings. The molecule has 6 heteroatoms. The molecule has 1 amide bonds. The van der Waals surface area contributed by atoms with E-state index in [1.165, 1.54) is 0 Å². The van der Waals surface area contributed by atoms with Crippen LogP contribution < -0.4 is 4.90 Å². The quantitative estimate of drug-likeness (QED) is 0.440. The number of halogens is 1. The van der Waals surface area contributed by atoms with E-state index in [9.17, 15) is 9.59 Å². The fourth-order valence-electron chi connectivity index (χ4n) is 3.55. The first-order chi connectivity index (χ1) is 14.6. The average Bonchev–Trinajstić information content (AvgIpc) is 3.27. The third-order valence-electron chi connectivity index (χ3n) is 5.12. The minimum Gasteiger partial charge on any atom is -0.453 e. The summed E-state index contributed by atoms with van der Waals surface area (Å²) in [5.41, 5.74) is 2.81. The number of carbonyl (C=O) groups is 2. The van der Waals surface area contributed by atoms with Gasteiger partial charge in [0.15, 0.2) is 12.0 Å². The lowest BCUT2D eigenvalue weighted by molar-refractivity contribution is -0.126. The molecule has 0 N–H and O–H groups in total. The summed E-state index contributed by atoms with van der Waals surface area (Å²) in [4.78, 5) is 27.6. The van der Waals surface area contributed by atoms with Gasteiger partial charge < -0.3 is 14.2 Å². The molecular formula is C24H21ClN2O3. The SMILES string of the molecule is O=Cc1ccc(-c2cc(Cl)ccc2N2CCN(C(=O)C=Cc3ccccc3)CC2)o1. The number of hydrogen-bond acceptors (Lipinski definition) is 4. The van der Waals surface area contributed by atoms with Gasteiger partial charge in [-0.2, -0.15) is 0 Å². The van der Waals surface area contributed by atoms with Crippen LogP contribution in [-0.4, -0.2) is 43.3 Å². The fourth-order valence-corrected chi connectivity index (χ4v) is 3.72. The molecule has 4 rings (SSSR count). The highest BCUT2D eigenvalue weighted by Gasteiger charge is 2.23. The predicted octanol–water partition coefficient (Wildman–Crippen LogP) is 4.77. The maximum Gasteiger partial charge on any atom is 0.246 e. The molecular weight excluding hydrogens is 400 g/mol. The number of rotatable bonds is 5. The Morgan fingerprint density at radius 2 is 1.73 bits per heavy atom. The van der Waals surface area contributed by atoms with Crippen molar-refractivity contribution >= 4 is 35.6 Å². The van der Waals surface area contributed by atoms with Gasteiger partial charge in [0.1, 0.15) is 5.76 Å². The Hall–Kier alpha value is -3.31. The van der Waals surface area contributed by atoms with Gasteiger partial charge in [-0.15, -0.1) is 0 Å². The van der Waals surface area contributed by atoms with E-state index in [0.717, 1.165) is 16.8 Å². The van der Waals surface area contributed by atoms with Crippen molar-refractivity contribution < 1.29 is 14.0 Å². The van der Waals surface area contributed by atoms with Crippen LogP contribution in [0.5, 0.6) is 0 Å². The lowest BCUT2D eigenvalue weighted by Crippen LogP contribution is -2.48. The summed E-state index contributed by atoms with van der Waals surface area (Å²) in [5, 5.41) is 0.595. The van der Waals surface area contributed by atoms with Crippen LogP contribution in [0.1, 0.15) is 16.1 Å². The van der Waals surface area contributed by atoms with Crippen molar-refractivity contribution in [2.75, 3.05) is 31.1 Å². The topological polar surface area (TPSA) is 53.8 Å². The van der Waals surface area contributed by atoms with Gasteiger partial charge in [0.25, 0.3) is 0 Å². The van der Waals surface area contributed by atoms with Crippen molar-refractivity contribution in [2.45, 2.75) is 0 Å². The van der Waals surface area contributed by atoms with Crippen molar-refractivity contribution in [2.24, 2.45) is 0 Å².